The summed E-state index contributed by atoms with van der Waals surface area (Å²) in [6.07, 6.45) is 11.0. The van der Waals surface area contributed by atoms with Crippen LogP contribution in [0.2, 0.25) is 0 Å². The molecule has 1 aromatic rings. The second kappa shape index (κ2) is 13.2. The Bertz CT molecular complexity index is 488. The van der Waals surface area contributed by atoms with E-state index in [2.05, 4.69) is 13.8 Å². The van der Waals surface area contributed by atoms with E-state index >= 15 is 0 Å². The van der Waals surface area contributed by atoms with Crippen LogP contribution in [0.4, 0.5) is 0 Å². The lowest BCUT2D eigenvalue weighted by molar-refractivity contribution is -0.146. The van der Waals surface area contributed by atoms with Gasteiger partial charge in [-0.3, -0.25) is 4.79 Å². The molecule has 3 heteroatoms. The molecule has 2 unspecified atom stereocenters. The third kappa shape index (κ3) is 9.12. The zero-order valence-electron chi connectivity index (χ0n) is 17.0. The van der Waals surface area contributed by atoms with E-state index in [0.717, 1.165) is 17.2 Å². The van der Waals surface area contributed by atoms with E-state index in [1.54, 1.807) is 0 Å². The van der Waals surface area contributed by atoms with E-state index in [1.807, 2.05) is 49.0 Å². The standard InChI is InChI=1S/C23H38O2S/c1-4-6-8-10-16-21(13-7-5-2)18-26-19-23(3,22(24)25)17-20-14-11-9-12-15-20/h9,11-12,14-15,21H,4-8,10,13,16-19H2,1-3H3,(H,24,25). The lowest BCUT2D eigenvalue weighted by Gasteiger charge is -2.26. The Hall–Kier alpha value is -0.960. The Balaban J connectivity index is 2.52. The van der Waals surface area contributed by atoms with E-state index in [1.165, 1.54) is 51.4 Å². The third-order valence-electron chi connectivity index (χ3n) is 5.16. The van der Waals surface area contributed by atoms with Gasteiger partial charge in [-0.2, -0.15) is 11.8 Å². The molecule has 0 saturated carbocycles. The van der Waals surface area contributed by atoms with E-state index in [4.69, 9.17) is 0 Å². The number of thioether (sulfide) groups is 1. The Morgan fingerprint density at radius 3 is 2.31 bits per heavy atom. The molecule has 2 atom stereocenters. The molecule has 0 fully saturated rings. The maximum absolute atomic E-state index is 11.9. The lowest BCUT2D eigenvalue weighted by Crippen LogP contribution is -2.33. The molecule has 1 N–H and O–H groups in total. The van der Waals surface area contributed by atoms with Crippen LogP contribution >= 0.6 is 11.8 Å². The van der Waals surface area contributed by atoms with E-state index in [9.17, 15) is 9.90 Å². The van der Waals surface area contributed by atoms with Gasteiger partial charge in [-0.15, -0.1) is 0 Å². The van der Waals surface area contributed by atoms with Gasteiger partial charge in [-0.1, -0.05) is 82.7 Å². The van der Waals surface area contributed by atoms with Gasteiger partial charge in [0.1, 0.15) is 0 Å². The van der Waals surface area contributed by atoms with Gasteiger partial charge < -0.3 is 5.11 Å². The number of carboxylic acid groups (broad SMARTS) is 1. The molecule has 1 aromatic carbocycles. The molecule has 0 aromatic heterocycles. The normalized spacial score (nSPS) is 14.7. The van der Waals surface area contributed by atoms with Crippen LogP contribution in [0.1, 0.15) is 77.7 Å². The number of hydrogen-bond acceptors (Lipinski definition) is 2. The summed E-state index contributed by atoms with van der Waals surface area (Å²) >= 11 is 1.85. The molecule has 0 aliphatic carbocycles. The molecule has 0 radical (unpaired) electrons. The first-order valence-corrected chi connectivity index (χ1v) is 11.5. The van der Waals surface area contributed by atoms with Crippen LogP contribution in [0.15, 0.2) is 30.3 Å². The largest absolute Gasteiger partial charge is 0.481 e. The Labute approximate surface area is 165 Å². The van der Waals surface area contributed by atoms with Crippen LogP contribution in [0.25, 0.3) is 0 Å². The van der Waals surface area contributed by atoms with Gasteiger partial charge in [0.2, 0.25) is 0 Å². The van der Waals surface area contributed by atoms with Crippen LogP contribution in [0.5, 0.6) is 0 Å². The van der Waals surface area contributed by atoms with Crippen LogP contribution < -0.4 is 0 Å². The molecule has 0 saturated heterocycles. The number of aliphatic carboxylic acids is 1. The number of hydrogen-bond donors (Lipinski definition) is 1. The highest BCUT2D eigenvalue weighted by molar-refractivity contribution is 7.99. The maximum atomic E-state index is 11.9. The maximum Gasteiger partial charge on any atom is 0.310 e. The third-order valence-corrected chi connectivity index (χ3v) is 6.71. The number of carboxylic acids is 1. The number of carbonyl (C=O) groups is 1. The van der Waals surface area contributed by atoms with Gasteiger partial charge >= 0.3 is 5.97 Å². The van der Waals surface area contributed by atoms with Crippen molar-refractivity contribution in [3.8, 4) is 0 Å². The molecule has 148 valence electrons. The van der Waals surface area contributed by atoms with Gasteiger partial charge in [0.15, 0.2) is 0 Å². The zero-order chi connectivity index (χ0) is 19.3. The molecule has 0 aliphatic heterocycles. The monoisotopic (exact) mass is 378 g/mol. The SMILES string of the molecule is CCCCCCC(CCCC)CSCC(C)(Cc1ccccc1)C(=O)O. The Morgan fingerprint density at radius 2 is 1.69 bits per heavy atom. The first-order chi connectivity index (χ1) is 12.5. The van der Waals surface area contributed by atoms with Crippen molar-refractivity contribution in [1.29, 1.82) is 0 Å². The summed E-state index contributed by atoms with van der Waals surface area (Å²) in [4.78, 5) is 11.9. The van der Waals surface area contributed by atoms with Gasteiger partial charge in [0.05, 0.1) is 5.41 Å². The molecular formula is C23H38O2S. The Morgan fingerprint density at radius 1 is 1.04 bits per heavy atom. The number of benzene rings is 1. The highest BCUT2D eigenvalue weighted by Gasteiger charge is 2.33. The summed E-state index contributed by atoms with van der Waals surface area (Å²) < 4.78 is 0. The van der Waals surface area contributed by atoms with Crippen molar-refractivity contribution in [3.05, 3.63) is 35.9 Å². The van der Waals surface area contributed by atoms with Crippen LogP contribution in [-0.4, -0.2) is 22.6 Å². The Kier molecular flexibility index (Phi) is 11.8. The van der Waals surface area contributed by atoms with E-state index < -0.39 is 11.4 Å². The molecule has 0 heterocycles. The fourth-order valence-electron chi connectivity index (χ4n) is 3.35. The van der Waals surface area contributed by atoms with E-state index in [0.29, 0.717) is 12.2 Å². The fourth-order valence-corrected chi connectivity index (χ4v) is 4.81. The summed E-state index contributed by atoms with van der Waals surface area (Å²) in [6, 6.07) is 10.0. The molecule has 0 amide bonds. The predicted molar refractivity (Wildman–Crippen MR) is 115 cm³/mol. The molecular weight excluding hydrogens is 340 g/mol. The number of rotatable bonds is 15. The van der Waals surface area contributed by atoms with Crippen molar-refractivity contribution in [1.82, 2.24) is 0 Å². The van der Waals surface area contributed by atoms with E-state index in [-0.39, 0.29) is 0 Å². The second-order valence-electron chi connectivity index (χ2n) is 7.90. The molecule has 26 heavy (non-hydrogen) atoms. The topological polar surface area (TPSA) is 37.3 Å². The van der Waals surface area contributed by atoms with Crippen LogP contribution in [-0.2, 0) is 11.2 Å². The molecule has 2 nitrogen and oxygen atoms in total. The highest BCUT2D eigenvalue weighted by atomic mass is 32.2. The summed E-state index contributed by atoms with van der Waals surface area (Å²) in [6.45, 7) is 6.41. The summed E-state index contributed by atoms with van der Waals surface area (Å²) in [5.41, 5.74) is 0.420. The van der Waals surface area contributed by atoms with Crippen molar-refractivity contribution in [2.45, 2.75) is 78.6 Å². The minimum Gasteiger partial charge on any atom is -0.481 e. The van der Waals surface area contributed by atoms with Gasteiger partial charge in [-0.05, 0) is 43.4 Å². The van der Waals surface area contributed by atoms with Crippen molar-refractivity contribution in [2.24, 2.45) is 11.3 Å². The van der Waals surface area contributed by atoms with Crippen LogP contribution in [0.3, 0.4) is 0 Å². The first-order valence-electron chi connectivity index (χ1n) is 10.4. The van der Waals surface area contributed by atoms with Crippen molar-refractivity contribution >= 4 is 17.7 Å². The van der Waals surface area contributed by atoms with Crippen molar-refractivity contribution < 1.29 is 9.90 Å². The van der Waals surface area contributed by atoms with Crippen LogP contribution in [0, 0.1) is 11.3 Å². The fraction of sp³-hybridized carbons (Fsp3) is 0.696. The van der Waals surface area contributed by atoms with Gasteiger partial charge in [-0.25, -0.2) is 0 Å². The van der Waals surface area contributed by atoms with Crippen molar-refractivity contribution in [3.63, 3.8) is 0 Å². The first kappa shape index (κ1) is 23.1. The average molecular weight is 379 g/mol. The highest BCUT2D eigenvalue weighted by Crippen LogP contribution is 2.30. The average Bonchev–Trinajstić information content (AvgIpc) is 2.63. The zero-order valence-corrected chi connectivity index (χ0v) is 17.8. The van der Waals surface area contributed by atoms with Gasteiger partial charge in [0, 0.05) is 5.75 Å². The molecule has 0 spiro atoms. The summed E-state index contributed by atoms with van der Waals surface area (Å²) in [5, 5.41) is 9.79. The summed E-state index contributed by atoms with van der Waals surface area (Å²) in [7, 11) is 0. The predicted octanol–water partition coefficient (Wildman–Crippen LogP) is 6.83. The minimum atomic E-state index is -0.691. The van der Waals surface area contributed by atoms with Crippen molar-refractivity contribution in [2.75, 3.05) is 11.5 Å². The summed E-state index contributed by atoms with van der Waals surface area (Å²) in [5.74, 6) is 1.85. The smallest absolute Gasteiger partial charge is 0.310 e. The number of unbranched alkanes of at least 4 members (excludes halogenated alkanes) is 4. The molecule has 1 rings (SSSR count). The minimum absolute atomic E-state index is 0.603. The van der Waals surface area contributed by atoms with Gasteiger partial charge in [0.25, 0.3) is 0 Å². The second-order valence-corrected chi connectivity index (χ2v) is 8.93. The lowest BCUT2D eigenvalue weighted by atomic mass is 9.86. The quantitative estimate of drug-likeness (QED) is 0.340. The molecule has 0 aliphatic rings. The molecule has 0 bridgehead atoms.